The molecule has 0 saturated heterocycles. The number of hydrogen-bond acceptors (Lipinski definition) is 1. The molecule has 0 unspecified atom stereocenters. The Morgan fingerprint density at radius 1 is 1.50 bits per heavy atom. The maximum atomic E-state index is 4.62. The SMILES string of the molecule is C[B-](C)=S. The Balaban J connectivity index is 2.80. The molecule has 0 N–H and O–H groups in total. The first-order valence-electron chi connectivity index (χ1n) is 1.39. The minimum absolute atomic E-state index is 0.417. The van der Waals surface area contributed by atoms with Crippen LogP contribution in [-0.2, 0) is 0 Å². The van der Waals surface area contributed by atoms with Crippen LogP contribution >= 0.6 is 12.1 Å². The molecule has 0 bridgehead atoms. The van der Waals surface area contributed by atoms with E-state index in [0.717, 1.165) is 0 Å². The van der Waals surface area contributed by atoms with Gasteiger partial charge >= 0.3 is 0 Å². The topological polar surface area (TPSA) is 0 Å². The maximum Gasteiger partial charge on any atom is -0.0847 e. The van der Waals surface area contributed by atoms with Crippen LogP contribution in [0.2, 0.25) is 13.6 Å². The van der Waals surface area contributed by atoms with Gasteiger partial charge in [-0.3, -0.25) is 0 Å². The van der Waals surface area contributed by atoms with Gasteiger partial charge in [0.1, 0.15) is 0 Å². The molecule has 0 heterocycles. The molecular weight excluding hydrogens is 66.9 g/mol. The van der Waals surface area contributed by atoms with Crippen molar-refractivity contribution in [3.8, 4) is 0 Å². The van der Waals surface area contributed by atoms with Crippen molar-refractivity contribution >= 4 is 17.6 Å². The standard InChI is InChI=1S/C2H6BS/c1-3(2)4/h1-2H3/q-1. The molecule has 0 aromatic heterocycles. The summed E-state index contributed by atoms with van der Waals surface area (Å²) < 4.78 is 0. The van der Waals surface area contributed by atoms with Crippen molar-refractivity contribution in [1.29, 1.82) is 0 Å². The van der Waals surface area contributed by atoms with Crippen LogP contribution < -0.4 is 0 Å². The van der Waals surface area contributed by atoms with E-state index in [-0.39, 0.29) is 0 Å². The van der Waals surface area contributed by atoms with E-state index in [2.05, 4.69) is 12.1 Å². The minimum Gasteiger partial charge on any atom is -0.414 e. The molecule has 24 valence electrons. The number of rotatable bonds is 0. The van der Waals surface area contributed by atoms with Crippen molar-refractivity contribution in [3.63, 3.8) is 0 Å². The molecule has 0 spiro atoms. The Morgan fingerprint density at radius 3 is 1.50 bits per heavy atom. The van der Waals surface area contributed by atoms with Gasteiger partial charge in [-0.05, 0) is 0 Å². The summed E-state index contributed by atoms with van der Waals surface area (Å²) in [6.07, 6.45) is 0. The summed E-state index contributed by atoms with van der Waals surface area (Å²) in [5, 5.41) is 0. The zero-order chi connectivity index (χ0) is 3.58. The first-order valence-corrected chi connectivity index (χ1v) is 1.86. The Kier molecular flexibility index (Phi) is 1.70. The van der Waals surface area contributed by atoms with Gasteiger partial charge in [-0.15, -0.1) is 0 Å². The predicted molar refractivity (Wildman–Crippen MR) is 25.1 cm³/mol. The molecule has 0 fully saturated rings. The van der Waals surface area contributed by atoms with Crippen LogP contribution in [0, 0.1) is 0 Å². The first-order chi connectivity index (χ1) is 1.73. The molecule has 0 aliphatic heterocycles. The van der Waals surface area contributed by atoms with E-state index in [4.69, 9.17) is 0 Å². The van der Waals surface area contributed by atoms with E-state index in [1.165, 1.54) is 0 Å². The van der Waals surface area contributed by atoms with Crippen molar-refractivity contribution in [1.82, 2.24) is 0 Å². The molecule has 0 amide bonds. The third-order valence-corrected chi connectivity index (χ3v) is 0. The average Bonchev–Trinajstić information content (AvgIpc) is 0.811. The minimum atomic E-state index is 0.417. The molecule has 0 aromatic carbocycles. The lowest BCUT2D eigenvalue weighted by Gasteiger charge is -1.75. The fourth-order valence-electron chi connectivity index (χ4n) is 0. The first kappa shape index (κ1) is 4.28. The Labute approximate surface area is 32.2 Å². The highest BCUT2D eigenvalue weighted by molar-refractivity contribution is 7.88. The molecule has 0 aromatic rings. The fraction of sp³-hybridized carbons (Fsp3) is 1.00. The Hall–Kier alpha value is 0.285. The van der Waals surface area contributed by atoms with Gasteiger partial charge in [0.2, 0.25) is 0 Å². The van der Waals surface area contributed by atoms with Crippen molar-refractivity contribution in [2.75, 3.05) is 0 Å². The van der Waals surface area contributed by atoms with E-state index < -0.39 is 0 Å². The van der Waals surface area contributed by atoms with E-state index >= 15 is 0 Å². The van der Waals surface area contributed by atoms with Crippen LogP contribution in [0.5, 0.6) is 0 Å². The summed E-state index contributed by atoms with van der Waals surface area (Å²) in [5.41, 5.74) is 0.417. The molecule has 0 aliphatic carbocycles. The summed E-state index contributed by atoms with van der Waals surface area (Å²) in [7, 11) is 0. The van der Waals surface area contributed by atoms with E-state index in [9.17, 15) is 0 Å². The predicted octanol–water partition coefficient (Wildman–Crippen LogP) is 1.43. The van der Waals surface area contributed by atoms with Crippen LogP contribution in [0.4, 0.5) is 0 Å². The highest BCUT2D eigenvalue weighted by Gasteiger charge is 1.42. The van der Waals surface area contributed by atoms with Gasteiger partial charge < -0.3 is 12.1 Å². The second kappa shape index (κ2) is 1.59. The van der Waals surface area contributed by atoms with Crippen molar-refractivity contribution in [2.24, 2.45) is 0 Å². The lowest BCUT2D eigenvalue weighted by molar-refractivity contribution is 2.13. The van der Waals surface area contributed by atoms with Crippen LogP contribution in [0.1, 0.15) is 0 Å². The zero-order valence-electron chi connectivity index (χ0n) is 2.99. The molecule has 0 radical (unpaired) electrons. The van der Waals surface area contributed by atoms with Crippen LogP contribution in [0.15, 0.2) is 0 Å². The second-order valence-electron chi connectivity index (χ2n) is 1.05. The van der Waals surface area contributed by atoms with Gasteiger partial charge in [0.25, 0.3) is 0 Å². The summed E-state index contributed by atoms with van der Waals surface area (Å²) in [5.74, 6) is 0. The maximum absolute atomic E-state index is 4.62. The van der Waals surface area contributed by atoms with Crippen LogP contribution in [0.3, 0.4) is 0 Å². The molecule has 4 heavy (non-hydrogen) atoms. The third kappa shape index (κ3) is 46.5. The second-order valence-corrected chi connectivity index (χ2v) is 1.99. The quantitative estimate of drug-likeness (QED) is 0.391. The summed E-state index contributed by atoms with van der Waals surface area (Å²) in [4.78, 5) is 0. The van der Waals surface area contributed by atoms with E-state index in [0.29, 0.717) is 5.59 Å². The van der Waals surface area contributed by atoms with Gasteiger partial charge in [-0.25, -0.2) is 0 Å². The number of hydrogen-bond donors (Lipinski definition) is 0. The average molecular weight is 72.9 g/mol. The Bertz CT molecular complexity index is 29.0. The third-order valence-electron chi connectivity index (χ3n) is 0. The molecule has 0 atom stereocenters. The monoisotopic (exact) mass is 73.0 g/mol. The fourth-order valence-corrected chi connectivity index (χ4v) is 0. The molecule has 0 aliphatic rings. The van der Waals surface area contributed by atoms with E-state index in [1.54, 1.807) is 0 Å². The molecule has 0 saturated carbocycles. The van der Waals surface area contributed by atoms with E-state index in [1.807, 2.05) is 13.6 Å². The summed E-state index contributed by atoms with van der Waals surface area (Å²) in [6, 6.07) is 0. The highest BCUT2D eigenvalue weighted by Crippen LogP contribution is 1.60. The summed E-state index contributed by atoms with van der Waals surface area (Å²) in [6.45, 7) is 3.96. The van der Waals surface area contributed by atoms with Gasteiger partial charge in [-0.2, -0.15) is 13.6 Å². The van der Waals surface area contributed by atoms with Gasteiger partial charge in [-0.1, -0.05) is 5.59 Å². The van der Waals surface area contributed by atoms with Crippen LogP contribution in [-0.4, -0.2) is 5.59 Å². The molecule has 0 nitrogen and oxygen atoms in total. The normalized spacial score (nSPS) is 6.50. The smallest absolute Gasteiger partial charge is 0.0847 e. The van der Waals surface area contributed by atoms with Gasteiger partial charge in [0.15, 0.2) is 0 Å². The van der Waals surface area contributed by atoms with Crippen molar-refractivity contribution in [3.05, 3.63) is 0 Å². The van der Waals surface area contributed by atoms with Crippen molar-refractivity contribution in [2.45, 2.75) is 13.6 Å². The highest BCUT2D eigenvalue weighted by atomic mass is 32.1. The largest absolute Gasteiger partial charge is 0.414 e. The van der Waals surface area contributed by atoms with Gasteiger partial charge in [0.05, 0.1) is 0 Å². The molecule has 2 heteroatoms. The lowest BCUT2D eigenvalue weighted by atomic mass is 9.86. The zero-order valence-corrected chi connectivity index (χ0v) is 3.80. The Morgan fingerprint density at radius 2 is 1.50 bits per heavy atom. The van der Waals surface area contributed by atoms with Crippen molar-refractivity contribution < 1.29 is 0 Å². The summed E-state index contributed by atoms with van der Waals surface area (Å²) >= 11 is 4.62. The molecule has 0 rings (SSSR count). The van der Waals surface area contributed by atoms with Crippen LogP contribution in [0.25, 0.3) is 0 Å². The molecular formula is C2H6BS-. The lowest BCUT2D eigenvalue weighted by Crippen LogP contribution is -1.66. The van der Waals surface area contributed by atoms with Gasteiger partial charge in [0, 0.05) is 0 Å².